The van der Waals surface area contributed by atoms with Gasteiger partial charge in [-0.3, -0.25) is 0 Å². The fourth-order valence-corrected chi connectivity index (χ4v) is 1.61. The molecule has 15 heavy (non-hydrogen) atoms. The zero-order valence-electron chi connectivity index (χ0n) is 8.70. The molecule has 0 saturated heterocycles. The van der Waals surface area contributed by atoms with Gasteiger partial charge in [0.05, 0.1) is 5.69 Å². The maximum absolute atomic E-state index is 5.83. The van der Waals surface area contributed by atoms with Crippen molar-refractivity contribution in [1.29, 1.82) is 0 Å². The second kappa shape index (κ2) is 4.07. The van der Waals surface area contributed by atoms with Crippen LogP contribution >= 0.6 is 11.6 Å². The molecule has 0 aliphatic carbocycles. The first-order valence-corrected chi connectivity index (χ1v) is 5.25. The Balaban J connectivity index is 2.45. The molecule has 1 aromatic carbocycles. The Morgan fingerprint density at radius 1 is 1.20 bits per heavy atom. The second-order valence-electron chi connectivity index (χ2n) is 3.73. The Morgan fingerprint density at radius 3 is 2.47 bits per heavy atom. The molecule has 0 unspecified atom stereocenters. The maximum atomic E-state index is 5.83. The molecule has 1 aromatic heterocycles. The van der Waals surface area contributed by atoms with Crippen LogP contribution in [0.25, 0.3) is 11.3 Å². The van der Waals surface area contributed by atoms with Gasteiger partial charge in [0.15, 0.2) is 12.2 Å². The molecule has 0 saturated carbocycles. The van der Waals surface area contributed by atoms with Crippen molar-refractivity contribution in [2.45, 2.75) is 19.8 Å². The first-order chi connectivity index (χ1) is 7.18. The van der Waals surface area contributed by atoms with Crippen LogP contribution in [0.15, 0.2) is 35.1 Å². The first kappa shape index (κ1) is 10.2. The largest absolute Gasteiger partial charge is 0.443 e. The number of hydrogen-bond acceptors (Lipinski definition) is 2. The van der Waals surface area contributed by atoms with Crippen LogP contribution in [0.3, 0.4) is 0 Å². The van der Waals surface area contributed by atoms with Crippen LogP contribution < -0.4 is 0 Å². The predicted molar refractivity (Wildman–Crippen MR) is 61.0 cm³/mol. The Morgan fingerprint density at radius 2 is 1.87 bits per heavy atom. The van der Waals surface area contributed by atoms with Gasteiger partial charge >= 0.3 is 0 Å². The molecule has 3 heteroatoms. The second-order valence-corrected chi connectivity index (χ2v) is 4.16. The van der Waals surface area contributed by atoms with Crippen LogP contribution in [0.1, 0.15) is 25.5 Å². The van der Waals surface area contributed by atoms with E-state index in [1.54, 1.807) is 0 Å². The summed E-state index contributed by atoms with van der Waals surface area (Å²) in [6.45, 7) is 4.19. The summed E-state index contributed by atoms with van der Waals surface area (Å²) in [5, 5.41) is 0.726. The van der Waals surface area contributed by atoms with Gasteiger partial charge in [-0.25, -0.2) is 4.98 Å². The lowest BCUT2D eigenvalue weighted by atomic mass is 10.0. The van der Waals surface area contributed by atoms with E-state index in [1.165, 1.54) is 6.39 Å². The lowest BCUT2D eigenvalue weighted by Gasteiger charge is -2.03. The van der Waals surface area contributed by atoms with Gasteiger partial charge in [0.25, 0.3) is 0 Å². The van der Waals surface area contributed by atoms with Crippen molar-refractivity contribution < 1.29 is 4.42 Å². The van der Waals surface area contributed by atoms with Gasteiger partial charge in [0, 0.05) is 10.6 Å². The van der Waals surface area contributed by atoms with Crippen molar-refractivity contribution in [3.8, 4) is 11.3 Å². The number of halogens is 1. The van der Waals surface area contributed by atoms with Crippen molar-refractivity contribution in [2.75, 3.05) is 0 Å². The Bertz CT molecular complexity index is 445. The third kappa shape index (κ3) is 2.05. The fraction of sp³-hybridized carbons (Fsp3) is 0.250. The maximum Gasteiger partial charge on any atom is 0.181 e. The summed E-state index contributed by atoms with van der Waals surface area (Å²) in [7, 11) is 0. The molecule has 78 valence electrons. The van der Waals surface area contributed by atoms with Crippen LogP contribution in [0.4, 0.5) is 0 Å². The minimum atomic E-state index is 0.356. The summed E-state index contributed by atoms with van der Waals surface area (Å²) in [6.07, 6.45) is 1.49. The van der Waals surface area contributed by atoms with E-state index in [-0.39, 0.29) is 0 Å². The third-order valence-corrected chi connectivity index (χ3v) is 2.50. The number of aromatic nitrogens is 1. The molecule has 0 atom stereocenters. The molecular formula is C12H12ClNO. The average Bonchev–Trinajstić information content (AvgIpc) is 2.67. The molecular weight excluding hydrogens is 210 g/mol. The molecule has 0 radical (unpaired) electrons. The van der Waals surface area contributed by atoms with E-state index in [0.717, 1.165) is 22.0 Å². The van der Waals surface area contributed by atoms with E-state index < -0.39 is 0 Å². The Kier molecular flexibility index (Phi) is 2.78. The van der Waals surface area contributed by atoms with Gasteiger partial charge in [0.1, 0.15) is 0 Å². The molecule has 0 N–H and O–H groups in total. The lowest BCUT2D eigenvalue weighted by molar-refractivity contribution is 0.570. The SMILES string of the molecule is CC(C)c1ncoc1-c1ccc(Cl)cc1. The summed E-state index contributed by atoms with van der Waals surface area (Å²) in [4.78, 5) is 4.21. The van der Waals surface area contributed by atoms with E-state index in [0.29, 0.717) is 5.92 Å². The highest BCUT2D eigenvalue weighted by Gasteiger charge is 2.13. The monoisotopic (exact) mass is 221 g/mol. The van der Waals surface area contributed by atoms with Crippen LogP contribution in [0.2, 0.25) is 5.02 Å². The van der Waals surface area contributed by atoms with Crippen LogP contribution in [0.5, 0.6) is 0 Å². The molecule has 2 rings (SSSR count). The van der Waals surface area contributed by atoms with Gasteiger partial charge in [-0.2, -0.15) is 0 Å². The highest BCUT2D eigenvalue weighted by molar-refractivity contribution is 6.30. The van der Waals surface area contributed by atoms with Crippen molar-refractivity contribution in [3.63, 3.8) is 0 Å². The normalized spacial score (nSPS) is 10.9. The van der Waals surface area contributed by atoms with E-state index in [4.69, 9.17) is 16.0 Å². The van der Waals surface area contributed by atoms with Crippen molar-refractivity contribution in [2.24, 2.45) is 0 Å². The smallest absolute Gasteiger partial charge is 0.181 e. The zero-order valence-corrected chi connectivity index (χ0v) is 9.45. The van der Waals surface area contributed by atoms with Crippen molar-refractivity contribution in [1.82, 2.24) is 4.98 Å². The molecule has 0 bridgehead atoms. The van der Waals surface area contributed by atoms with Crippen LogP contribution in [-0.2, 0) is 0 Å². The first-order valence-electron chi connectivity index (χ1n) is 4.88. The molecule has 1 heterocycles. The molecule has 0 aliphatic heterocycles. The van der Waals surface area contributed by atoms with E-state index >= 15 is 0 Å². The predicted octanol–water partition coefficient (Wildman–Crippen LogP) is 4.12. The van der Waals surface area contributed by atoms with Gasteiger partial charge in [-0.15, -0.1) is 0 Å². The van der Waals surface area contributed by atoms with E-state index in [9.17, 15) is 0 Å². The molecule has 2 nitrogen and oxygen atoms in total. The fourth-order valence-electron chi connectivity index (χ4n) is 1.48. The minimum absolute atomic E-state index is 0.356. The molecule has 2 aromatic rings. The Hall–Kier alpha value is -1.28. The number of rotatable bonds is 2. The quantitative estimate of drug-likeness (QED) is 0.763. The van der Waals surface area contributed by atoms with Gasteiger partial charge in [0.2, 0.25) is 0 Å². The highest BCUT2D eigenvalue weighted by Crippen LogP contribution is 2.28. The van der Waals surface area contributed by atoms with E-state index in [2.05, 4.69) is 18.8 Å². The topological polar surface area (TPSA) is 26.0 Å². The van der Waals surface area contributed by atoms with E-state index in [1.807, 2.05) is 24.3 Å². The number of hydrogen-bond donors (Lipinski definition) is 0. The minimum Gasteiger partial charge on any atom is -0.443 e. The molecule has 0 fully saturated rings. The highest BCUT2D eigenvalue weighted by atomic mass is 35.5. The van der Waals surface area contributed by atoms with Gasteiger partial charge in [-0.05, 0) is 30.2 Å². The molecule has 0 spiro atoms. The summed E-state index contributed by atoms with van der Waals surface area (Å²) in [5.74, 6) is 1.19. The van der Waals surface area contributed by atoms with Crippen LogP contribution in [0, 0.1) is 0 Å². The van der Waals surface area contributed by atoms with Gasteiger partial charge in [-0.1, -0.05) is 25.4 Å². The number of oxazole rings is 1. The summed E-state index contributed by atoms with van der Waals surface area (Å²) >= 11 is 5.83. The number of benzene rings is 1. The number of nitrogens with zero attached hydrogens (tertiary/aromatic N) is 1. The summed E-state index contributed by atoms with van der Waals surface area (Å²) in [6, 6.07) is 7.58. The van der Waals surface area contributed by atoms with Crippen molar-refractivity contribution in [3.05, 3.63) is 41.4 Å². The van der Waals surface area contributed by atoms with Crippen LogP contribution in [-0.4, -0.2) is 4.98 Å². The standard InChI is InChI=1S/C12H12ClNO/c1-8(2)11-12(15-7-14-11)9-3-5-10(13)6-4-9/h3-8H,1-2H3. The molecule has 0 aliphatic rings. The van der Waals surface area contributed by atoms with Crippen molar-refractivity contribution >= 4 is 11.6 Å². The Labute approximate surface area is 93.9 Å². The zero-order chi connectivity index (χ0) is 10.8. The third-order valence-electron chi connectivity index (χ3n) is 2.25. The molecule has 0 amide bonds. The average molecular weight is 222 g/mol. The summed E-state index contributed by atoms with van der Waals surface area (Å²) in [5.41, 5.74) is 2.00. The summed E-state index contributed by atoms with van der Waals surface area (Å²) < 4.78 is 5.40. The van der Waals surface area contributed by atoms with Gasteiger partial charge < -0.3 is 4.42 Å². The lowest BCUT2D eigenvalue weighted by Crippen LogP contribution is -1.90.